The quantitative estimate of drug-likeness (QED) is 0.0967. The molecule has 0 aliphatic carbocycles. The Kier molecular flexibility index (Phi) is 12.6. The molecule has 2 amide bonds. The Labute approximate surface area is 298 Å². The number of rotatable bonds is 6. The Morgan fingerprint density at radius 3 is 2.17 bits per heavy atom. The molecule has 1 aliphatic heterocycles. The number of nitrogens with two attached hydrogens (primary N) is 2. The molecule has 0 bridgehead atoms. The van der Waals surface area contributed by atoms with E-state index in [2.05, 4.69) is 41.9 Å². The van der Waals surface area contributed by atoms with Crippen LogP contribution < -0.4 is 16.8 Å². The van der Waals surface area contributed by atoms with Crippen LogP contribution in [0.2, 0.25) is 0 Å². The molecule has 7 N–H and O–H groups in total. The number of aromatic amines is 1. The summed E-state index contributed by atoms with van der Waals surface area (Å²) in [6.45, 7) is 12.4. The lowest BCUT2D eigenvalue weighted by atomic mass is 10.1. The molecule has 1 aliphatic rings. The number of pyridine rings is 3. The van der Waals surface area contributed by atoms with Gasteiger partial charge in [-0.1, -0.05) is 18.7 Å². The number of aromatic nitrogens is 4. The zero-order valence-electron chi connectivity index (χ0n) is 28.6. The highest BCUT2D eigenvalue weighted by molar-refractivity contribution is 6.44. The molecule has 0 radical (unpaired) electrons. The van der Waals surface area contributed by atoms with Gasteiger partial charge in [-0.15, -0.1) is 4.98 Å². The first-order valence-electron chi connectivity index (χ1n) is 15.9. The second-order valence-corrected chi connectivity index (χ2v) is 11.8. The molecule has 15 nitrogen and oxygen atoms in total. The van der Waals surface area contributed by atoms with Crippen LogP contribution in [0.1, 0.15) is 50.7 Å². The Hall–Kier alpha value is -6.73. The molecule has 0 saturated carbocycles. The lowest BCUT2D eigenvalue weighted by Crippen LogP contribution is -2.57. The van der Waals surface area contributed by atoms with Crippen LogP contribution in [0.15, 0.2) is 79.3 Å². The van der Waals surface area contributed by atoms with Gasteiger partial charge in [-0.2, -0.15) is 0 Å². The van der Waals surface area contributed by atoms with Crippen molar-refractivity contribution in [3.05, 3.63) is 119 Å². The van der Waals surface area contributed by atoms with Crippen molar-refractivity contribution in [2.24, 2.45) is 0 Å². The van der Waals surface area contributed by atoms with E-state index in [-0.39, 0.29) is 40.8 Å². The lowest BCUT2D eigenvalue weighted by molar-refractivity contribution is -0.116. The molecule has 6 rings (SSSR count). The van der Waals surface area contributed by atoms with E-state index in [1.807, 2.05) is 6.92 Å². The third-order valence-electron chi connectivity index (χ3n) is 7.99. The molecule has 4 aromatic heterocycles. The van der Waals surface area contributed by atoms with Gasteiger partial charge in [0, 0.05) is 45.0 Å². The predicted octanol–water partition coefficient (Wildman–Crippen LogP) is 3.94. The number of ketones is 1. The zero-order valence-corrected chi connectivity index (χ0v) is 28.6. The number of hydrogen-bond donors (Lipinski definition) is 5. The van der Waals surface area contributed by atoms with Crippen LogP contribution in [0.3, 0.4) is 0 Å². The molecular weight excluding hydrogens is 671 g/mol. The minimum atomic E-state index is -1.04. The Bertz CT molecular complexity index is 2080. The fraction of sp³-hybridized carbons (Fsp3) is 0.222. The van der Waals surface area contributed by atoms with Gasteiger partial charge in [0.05, 0.1) is 28.7 Å². The number of amides is 2. The number of aromatic carboxylic acids is 1. The first-order chi connectivity index (χ1) is 24.8. The number of piperazine rings is 1. The number of carbonyl (C=O) groups is 4. The first kappa shape index (κ1) is 38.1. The number of nitrogen functional groups attached to an aromatic ring is 2. The molecule has 1 saturated heterocycles. The topological polar surface area (TPSA) is 218 Å². The fourth-order valence-corrected chi connectivity index (χ4v) is 5.20. The van der Waals surface area contributed by atoms with Gasteiger partial charge in [-0.05, 0) is 67.9 Å². The Balaban J connectivity index is 0.000000258. The third-order valence-corrected chi connectivity index (χ3v) is 7.99. The number of fused-ring (bicyclic) bond motifs is 1. The maximum Gasteiger partial charge on any atom is 0.354 e. The van der Waals surface area contributed by atoms with Gasteiger partial charge in [0.25, 0.3) is 23.4 Å². The molecule has 0 unspecified atom stereocenters. The van der Waals surface area contributed by atoms with E-state index >= 15 is 0 Å². The average Bonchev–Trinajstić information content (AvgIpc) is 3.57. The molecule has 5 aromatic rings. The maximum atomic E-state index is 13.3. The second-order valence-electron chi connectivity index (χ2n) is 11.8. The van der Waals surface area contributed by atoms with Crippen molar-refractivity contribution >= 4 is 51.8 Å². The summed E-state index contributed by atoms with van der Waals surface area (Å²) in [5.41, 5.74) is 13.9. The van der Waals surface area contributed by atoms with E-state index < -0.39 is 17.7 Å². The van der Waals surface area contributed by atoms with Crippen LogP contribution in [-0.4, -0.2) is 90.6 Å². The standard InChI is InChI=1S/C24H26FN5O3.C6H5N3.C6H6N2O2/c1-14-12-30(15(2)11-29(14)13-16-4-6-17(25)7-5-16)24(33)20-9-8-19-21(28-20)18(10-27-19)22(31)23(32)26-3;1-8-6-3-2-5(7)4-9-6;7-4-1-2-5(6(9)10)8-3-4/h4-10,14-15,27H,11-13H2,1-3H3,(H,26,32);2-4H,7H2;1-3H,7H2,(H,9,10)/t14-,15+;;/m0../s1. The van der Waals surface area contributed by atoms with Gasteiger partial charge in [0.15, 0.2) is 0 Å². The number of Topliss-reactive ketones (excluding diaryl/α,β-unsaturated/α-hetero) is 1. The molecular formula is C36H37FN10O5. The molecule has 5 heterocycles. The first-order valence-corrected chi connectivity index (χ1v) is 15.9. The summed E-state index contributed by atoms with van der Waals surface area (Å²) in [5, 5.41) is 10.7. The Morgan fingerprint density at radius 1 is 0.942 bits per heavy atom. The van der Waals surface area contributed by atoms with Gasteiger partial charge in [0.1, 0.15) is 28.9 Å². The van der Waals surface area contributed by atoms with Crippen LogP contribution >= 0.6 is 0 Å². The highest BCUT2D eigenvalue weighted by atomic mass is 19.1. The molecule has 268 valence electrons. The van der Waals surface area contributed by atoms with Crippen molar-refractivity contribution in [2.45, 2.75) is 32.5 Å². The SMILES string of the molecule is CNC(=O)C(=O)c1c[nH]c2ccc(C(=O)N3C[C@H](C)N(Cc4ccc(F)cc4)C[C@H]3C)nc12.Nc1ccc(C(=O)O)nc1.[C-]#[N+]c1ccc(N)cn1. The smallest absolute Gasteiger partial charge is 0.354 e. The van der Waals surface area contributed by atoms with Crippen LogP contribution in [0.25, 0.3) is 15.9 Å². The molecule has 1 fully saturated rings. The molecule has 52 heavy (non-hydrogen) atoms. The highest BCUT2D eigenvalue weighted by Crippen LogP contribution is 2.22. The summed E-state index contributed by atoms with van der Waals surface area (Å²) in [7, 11) is 1.38. The minimum Gasteiger partial charge on any atom is -0.477 e. The summed E-state index contributed by atoms with van der Waals surface area (Å²) in [4.78, 5) is 69.4. The summed E-state index contributed by atoms with van der Waals surface area (Å²) in [6, 6.07) is 15.9. The van der Waals surface area contributed by atoms with E-state index in [1.54, 1.807) is 41.3 Å². The number of H-pyrrole nitrogens is 1. The maximum absolute atomic E-state index is 13.3. The van der Waals surface area contributed by atoms with Crippen LogP contribution in [-0.2, 0) is 11.3 Å². The highest BCUT2D eigenvalue weighted by Gasteiger charge is 2.33. The number of benzene rings is 1. The van der Waals surface area contributed by atoms with Crippen molar-refractivity contribution in [3.63, 3.8) is 0 Å². The van der Waals surface area contributed by atoms with E-state index in [4.69, 9.17) is 23.1 Å². The van der Waals surface area contributed by atoms with Gasteiger partial charge < -0.3 is 36.6 Å². The number of halogens is 1. The lowest BCUT2D eigenvalue weighted by Gasteiger charge is -2.44. The fourth-order valence-electron chi connectivity index (χ4n) is 5.20. The molecule has 16 heteroatoms. The minimum absolute atomic E-state index is 0.00852. The van der Waals surface area contributed by atoms with E-state index in [0.717, 1.165) is 5.56 Å². The number of anilines is 2. The van der Waals surface area contributed by atoms with Gasteiger partial charge >= 0.3 is 5.97 Å². The van der Waals surface area contributed by atoms with Crippen molar-refractivity contribution in [1.82, 2.24) is 35.1 Å². The number of nitrogens with zero attached hydrogens (tertiary/aromatic N) is 6. The second kappa shape index (κ2) is 17.3. The molecule has 2 atom stereocenters. The zero-order chi connectivity index (χ0) is 37.9. The number of carbonyl (C=O) groups excluding carboxylic acids is 3. The number of nitrogens with one attached hydrogen (secondary N) is 2. The summed E-state index contributed by atoms with van der Waals surface area (Å²) < 4.78 is 13.2. The monoisotopic (exact) mass is 708 g/mol. The number of carboxylic acid groups (broad SMARTS) is 1. The molecule has 0 spiro atoms. The van der Waals surface area contributed by atoms with Gasteiger partial charge in [-0.3, -0.25) is 19.3 Å². The summed E-state index contributed by atoms with van der Waals surface area (Å²) in [6.07, 6.45) is 4.21. The number of carboxylic acids is 1. The Morgan fingerprint density at radius 2 is 1.60 bits per heavy atom. The van der Waals surface area contributed by atoms with Crippen molar-refractivity contribution in [2.75, 3.05) is 31.6 Å². The largest absolute Gasteiger partial charge is 0.477 e. The van der Waals surface area contributed by atoms with Crippen molar-refractivity contribution in [1.29, 1.82) is 0 Å². The van der Waals surface area contributed by atoms with E-state index in [0.29, 0.717) is 47.9 Å². The normalized spacial score (nSPS) is 15.2. The predicted molar refractivity (Wildman–Crippen MR) is 192 cm³/mol. The average molecular weight is 709 g/mol. The van der Waals surface area contributed by atoms with Crippen LogP contribution in [0.5, 0.6) is 0 Å². The van der Waals surface area contributed by atoms with Crippen molar-refractivity contribution < 1.29 is 28.7 Å². The summed E-state index contributed by atoms with van der Waals surface area (Å²) >= 11 is 0. The van der Waals surface area contributed by atoms with Gasteiger partial charge in [0.2, 0.25) is 0 Å². The third kappa shape index (κ3) is 9.70. The van der Waals surface area contributed by atoms with E-state index in [9.17, 15) is 23.6 Å². The van der Waals surface area contributed by atoms with Crippen molar-refractivity contribution in [3.8, 4) is 0 Å². The summed E-state index contributed by atoms with van der Waals surface area (Å²) in [5.74, 6) is -2.60. The van der Waals surface area contributed by atoms with Gasteiger partial charge in [-0.25, -0.2) is 19.2 Å². The van der Waals surface area contributed by atoms with Crippen LogP contribution in [0, 0.1) is 12.4 Å². The number of likely N-dealkylation sites (N-methyl/N-ethyl adjacent to an activating group) is 1. The molecule has 1 aromatic carbocycles. The van der Waals surface area contributed by atoms with Crippen LogP contribution in [0.4, 0.5) is 21.6 Å². The van der Waals surface area contributed by atoms with E-state index in [1.165, 1.54) is 49.9 Å². The number of hydrogen-bond acceptors (Lipinski definition) is 10.